The normalized spacial score (nSPS) is 10.6. The average molecular weight is 327 g/mol. The number of halogens is 1. The Morgan fingerprint density at radius 1 is 1.19 bits per heavy atom. The number of aromatic nitrogens is 2. The fourth-order valence-corrected chi connectivity index (χ4v) is 1.85. The van der Waals surface area contributed by atoms with Gasteiger partial charge in [0.15, 0.2) is 0 Å². The summed E-state index contributed by atoms with van der Waals surface area (Å²) in [5.74, 6) is 0. The number of hydrogen-bond acceptors (Lipinski definition) is 2. The molecule has 0 atom stereocenters. The van der Waals surface area contributed by atoms with Gasteiger partial charge in [-0.05, 0) is 46.4 Å². The fraction of sp³-hybridized carbons (Fsp3) is 0.250. The van der Waals surface area contributed by atoms with Crippen LogP contribution in [0.3, 0.4) is 0 Å². The van der Waals surface area contributed by atoms with Crippen LogP contribution in [-0.2, 0) is 20.1 Å². The number of hydrogen-bond donors (Lipinski definition) is 1. The van der Waals surface area contributed by atoms with Crippen molar-refractivity contribution >= 4 is 22.6 Å². The molecule has 0 spiro atoms. The van der Waals surface area contributed by atoms with Gasteiger partial charge in [-0.15, -0.1) is 0 Å². The molecular formula is C12H14IN3. The minimum Gasteiger partial charge on any atom is -0.307 e. The van der Waals surface area contributed by atoms with E-state index in [0.29, 0.717) is 0 Å². The van der Waals surface area contributed by atoms with Crippen molar-refractivity contribution in [3.05, 3.63) is 51.4 Å². The van der Waals surface area contributed by atoms with Crippen LogP contribution in [-0.4, -0.2) is 9.78 Å². The van der Waals surface area contributed by atoms with Crippen molar-refractivity contribution < 1.29 is 0 Å². The predicted molar refractivity (Wildman–Crippen MR) is 72.9 cm³/mol. The molecule has 0 aliphatic carbocycles. The van der Waals surface area contributed by atoms with Gasteiger partial charge in [-0.1, -0.05) is 12.1 Å². The fourth-order valence-electron chi connectivity index (χ4n) is 1.49. The third-order valence-corrected chi connectivity index (χ3v) is 3.04. The van der Waals surface area contributed by atoms with Crippen LogP contribution < -0.4 is 5.32 Å². The predicted octanol–water partition coefficient (Wildman–Crippen LogP) is 2.31. The van der Waals surface area contributed by atoms with E-state index < -0.39 is 0 Å². The molecule has 0 radical (unpaired) electrons. The van der Waals surface area contributed by atoms with Crippen LogP contribution in [0.5, 0.6) is 0 Å². The summed E-state index contributed by atoms with van der Waals surface area (Å²) in [5, 5.41) is 7.68. The summed E-state index contributed by atoms with van der Waals surface area (Å²) in [6.07, 6.45) is 1.96. The standard InChI is InChI=1S/C12H14IN3/c1-16-7-6-12(15-16)9-14-8-10-2-4-11(13)5-3-10/h2-7,14H,8-9H2,1H3. The molecule has 0 saturated carbocycles. The Hall–Kier alpha value is -0.880. The zero-order valence-electron chi connectivity index (χ0n) is 9.15. The number of benzene rings is 1. The van der Waals surface area contributed by atoms with E-state index in [2.05, 4.69) is 57.3 Å². The Balaban J connectivity index is 1.82. The second-order valence-electron chi connectivity index (χ2n) is 3.71. The highest BCUT2D eigenvalue weighted by molar-refractivity contribution is 14.1. The van der Waals surface area contributed by atoms with Gasteiger partial charge in [-0.3, -0.25) is 4.68 Å². The largest absolute Gasteiger partial charge is 0.307 e. The summed E-state index contributed by atoms with van der Waals surface area (Å²) in [7, 11) is 1.93. The molecule has 0 aliphatic rings. The Morgan fingerprint density at radius 2 is 1.94 bits per heavy atom. The third-order valence-electron chi connectivity index (χ3n) is 2.32. The molecule has 0 fully saturated rings. The molecule has 4 heteroatoms. The second-order valence-corrected chi connectivity index (χ2v) is 4.96. The summed E-state index contributed by atoms with van der Waals surface area (Å²) in [4.78, 5) is 0. The highest BCUT2D eigenvalue weighted by Crippen LogP contribution is 2.06. The van der Waals surface area contributed by atoms with Crippen molar-refractivity contribution in [2.24, 2.45) is 7.05 Å². The first-order valence-electron chi connectivity index (χ1n) is 5.18. The van der Waals surface area contributed by atoms with Crippen LogP contribution in [0.25, 0.3) is 0 Å². The topological polar surface area (TPSA) is 29.9 Å². The molecule has 16 heavy (non-hydrogen) atoms. The number of nitrogens with zero attached hydrogens (tertiary/aromatic N) is 2. The SMILES string of the molecule is Cn1ccc(CNCc2ccc(I)cc2)n1. The molecule has 2 aromatic rings. The van der Waals surface area contributed by atoms with Gasteiger partial charge in [0.05, 0.1) is 5.69 Å². The second kappa shape index (κ2) is 5.45. The summed E-state index contributed by atoms with van der Waals surface area (Å²) in [5.41, 5.74) is 2.38. The van der Waals surface area contributed by atoms with E-state index in [0.717, 1.165) is 18.8 Å². The summed E-state index contributed by atoms with van der Waals surface area (Å²) >= 11 is 2.31. The lowest BCUT2D eigenvalue weighted by Crippen LogP contribution is -2.13. The van der Waals surface area contributed by atoms with Crippen LogP contribution in [0.1, 0.15) is 11.3 Å². The third kappa shape index (κ3) is 3.31. The maximum Gasteiger partial charge on any atom is 0.0762 e. The number of nitrogens with one attached hydrogen (secondary N) is 1. The van der Waals surface area contributed by atoms with Crippen molar-refractivity contribution in [3.8, 4) is 0 Å². The minimum atomic E-state index is 0.812. The lowest BCUT2D eigenvalue weighted by atomic mass is 10.2. The van der Waals surface area contributed by atoms with Crippen molar-refractivity contribution in [2.45, 2.75) is 13.1 Å². The molecule has 3 nitrogen and oxygen atoms in total. The average Bonchev–Trinajstić information content (AvgIpc) is 2.67. The van der Waals surface area contributed by atoms with E-state index in [9.17, 15) is 0 Å². The first kappa shape index (κ1) is 11.6. The molecule has 1 N–H and O–H groups in total. The molecule has 0 unspecified atom stereocenters. The monoisotopic (exact) mass is 327 g/mol. The van der Waals surface area contributed by atoms with Gasteiger partial charge >= 0.3 is 0 Å². The molecule has 1 aromatic heterocycles. The van der Waals surface area contributed by atoms with Crippen LogP contribution in [0.4, 0.5) is 0 Å². The van der Waals surface area contributed by atoms with Gasteiger partial charge in [0.1, 0.15) is 0 Å². The van der Waals surface area contributed by atoms with Crippen LogP contribution in [0, 0.1) is 3.57 Å². The number of rotatable bonds is 4. The van der Waals surface area contributed by atoms with Crippen molar-refractivity contribution in [1.29, 1.82) is 0 Å². The zero-order valence-corrected chi connectivity index (χ0v) is 11.3. The Bertz CT molecular complexity index is 448. The van der Waals surface area contributed by atoms with E-state index in [4.69, 9.17) is 0 Å². The molecule has 0 bridgehead atoms. The van der Waals surface area contributed by atoms with E-state index in [1.807, 2.05) is 24.0 Å². The van der Waals surface area contributed by atoms with E-state index in [-0.39, 0.29) is 0 Å². The Kier molecular flexibility index (Phi) is 3.95. The summed E-state index contributed by atoms with van der Waals surface area (Å²) in [6, 6.07) is 10.6. The van der Waals surface area contributed by atoms with Gasteiger partial charge in [0.25, 0.3) is 0 Å². The molecular weight excluding hydrogens is 313 g/mol. The molecule has 2 rings (SSSR count). The zero-order chi connectivity index (χ0) is 11.4. The van der Waals surface area contributed by atoms with Crippen molar-refractivity contribution in [3.63, 3.8) is 0 Å². The first-order chi connectivity index (χ1) is 7.74. The molecule has 0 aliphatic heterocycles. The van der Waals surface area contributed by atoms with Crippen LogP contribution in [0.2, 0.25) is 0 Å². The van der Waals surface area contributed by atoms with Gasteiger partial charge < -0.3 is 5.32 Å². The quantitative estimate of drug-likeness (QED) is 0.874. The molecule has 1 heterocycles. The van der Waals surface area contributed by atoms with Crippen LogP contribution in [0.15, 0.2) is 36.5 Å². The number of aryl methyl sites for hydroxylation is 1. The molecule has 84 valence electrons. The van der Waals surface area contributed by atoms with Crippen molar-refractivity contribution in [2.75, 3.05) is 0 Å². The lowest BCUT2D eigenvalue weighted by molar-refractivity contribution is 0.656. The lowest BCUT2D eigenvalue weighted by Gasteiger charge is -2.03. The van der Waals surface area contributed by atoms with E-state index in [1.165, 1.54) is 9.13 Å². The van der Waals surface area contributed by atoms with E-state index in [1.54, 1.807) is 0 Å². The molecule has 1 aromatic carbocycles. The highest BCUT2D eigenvalue weighted by atomic mass is 127. The smallest absolute Gasteiger partial charge is 0.0762 e. The van der Waals surface area contributed by atoms with E-state index >= 15 is 0 Å². The van der Waals surface area contributed by atoms with Crippen molar-refractivity contribution in [1.82, 2.24) is 15.1 Å². The van der Waals surface area contributed by atoms with Gasteiger partial charge in [0, 0.05) is 29.9 Å². The maximum atomic E-state index is 4.31. The summed E-state index contributed by atoms with van der Waals surface area (Å²) < 4.78 is 3.09. The highest BCUT2D eigenvalue weighted by Gasteiger charge is 1.96. The van der Waals surface area contributed by atoms with Crippen LogP contribution >= 0.6 is 22.6 Å². The molecule has 0 amide bonds. The molecule has 0 saturated heterocycles. The van der Waals surface area contributed by atoms with Gasteiger partial charge in [0.2, 0.25) is 0 Å². The maximum absolute atomic E-state index is 4.31. The first-order valence-corrected chi connectivity index (χ1v) is 6.25. The Morgan fingerprint density at radius 3 is 2.56 bits per heavy atom. The van der Waals surface area contributed by atoms with Gasteiger partial charge in [-0.2, -0.15) is 5.10 Å². The minimum absolute atomic E-state index is 0.812. The Labute approximate surface area is 109 Å². The summed E-state index contributed by atoms with van der Waals surface area (Å²) in [6.45, 7) is 1.69. The van der Waals surface area contributed by atoms with Gasteiger partial charge in [-0.25, -0.2) is 0 Å².